The van der Waals surface area contributed by atoms with Gasteiger partial charge in [-0.05, 0) is 33.1 Å². The molecule has 0 saturated heterocycles. The topological polar surface area (TPSA) is 38.3 Å². The Morgan fingerprint density at radius 1 is 1.24 bits per heavy atom. The molecule has 0 aromatic carbocycles. The van der Waals surface area contributed by atoms with Crippen molar-refractivity contribution in [3.8, 4) is 12.3 Å². The fourth-order valence-electron chi connectivity index (χ4n) is 1.62. The molecule has 2 atom stereocenters. The van der Waals surface area contributed by atoms with E-state index in [2.05, 4.69) is 11.2 Å². The summed E-state index contributed by atoms with van der Waals surface area (Å²) in [5.41, 5.74) is -0.603. The summed E-state index contributed by atoms with van der Waals surface area (Å²) in [4.78, 5) is 11.7. The molecule has 0 rings (SSSR count). The van der Waals surface area contributed by atoms with Crippen LogP contribution < -0.4 is 5.32 Å². The lowest BCUT2D eigenvalue weighted by Gasteiger charge is -2.34. The largest absolute Gasteiger partial charge is 0.444 e. The SMILES string of the molecule is C#CC(C)C(NC(=O)OC(C)(C)C)C(C)(C)C. The summed E-state index contributed by atoms with van der Waals surface area (Å²) < 4.78 is 5.24. The van der Waals surface area contributed by atoms with Gasteiger partial charge in [-0.1, -0.05) is 20.8 Å². The minimum atomic E-state index is -0.494. The van der Waals surface area contributed by atoms with Crippen molar-refractivity contribution >= 4 is 6.09 Å². The molecule has 0 heterocycles. The maximum Gasteiger partial charge on any atom is 0.407 e. The second-order valence-corrected chi connectivity index (χ2v) is 6.45. The summed E-state index contributed by atoms with van der Waals surface area (Å²) in [5, 5.41) is 2.86. The van der Waals surface area contributed by atoms with Crippen molar-refractivity contribution in [2.24, 2.45) is 11.3 Å². The number of carbonyl (C=O) groups is 1. The summed E-state index contributed by atoms with van der Waals surface area (Å²) in [6.07, 6.45) is 5.01. The van der Waals surface area contributed by atoms with Crippen LogP contribution in [-0.4, -0.2) is 17.7 Å². The van der Waals surface area contributed by atoms with E-state index in [0.717, 1.165) is 0 Å². The van der Waals surface area contributed by atoms with Crippen LogP contribution in [0.4, 0.5) is 4.79 Å². The Morgan fingerprint density at radius 3 is 2.00 bits per heavy atom. The molecule has 3 heteroatoms. The molecule has 17 heavy (non-hydrogen) atoms. The van der Waals surface area contributed by atoms with Crippen molar-refractivity contribution in [1.82, 2.24) is 5.32 Å². The van der Waals surface area contributed by atoms with Gasteiger partial charge < -0.3 is 10.1 Å². The number of rotatable bonds is 2. The van der Waals surface area contributed by atoms with Crippen molar-refractivity contribution in [2.45, 2.75) is 60.1 Å². The molecule has 0 aliphatic carbocycles. The van der Waals surface area contributed by atoms with Gasteiger partial charge in [-0.25, -0.2) is 4.79 Å². The van der Waals surface area contributed by atoms with E-state index in [1.54, 1.807) is 0 Å². The van der Waals surface area contributed by atoms with Gasteiger partial charge in [0.2, 0.25) is 0 Å². The van der Waals surface area contributed by atoms with Crippen LogP contribution in [0.2, 0.25) is 0 Å². The van der Waals surface area contributed by atoms with Crippen molar-refractivity contribution in [1.29, 1.82) is 0 Å². The van der Waals surface area contributed by atoms with Gasteiger partial charge in [-0.3, -0.25) is 0 Å². The van der Waals surface area contributed by atoms with E-state index in [4.69, 9.17) is 11.2 Å². The lowest BCUT2D eigenvalue weighted by atomic mass is 9.80. The summed E-state index contributed by atoms with van der Waals surface area (Å²) in [7, 11) is 0. The highest BCUT2D eigenvalue weighted by atomic mass is 16.6. The first-order valence-corrected chi connectivity index (χ1v) is 5.93. The predicted octanol–water partition coefficient (Wildman–Crippen LogP) is 3.20. The molecule has 98 valence electrons. The fourth-order valence-corrected chi connectivity index (χ4v) is 1.62. The molecule has 0 spiro atoms. The van der Waals surface area contributed by atoms with Crippen molar-refractivity contribution in [3.05, 3.63) is 0 Å². The van der Waals surface area contributed by atoms with E-state index in [1.807, 2.05) is 48.5 Å². The molecular formula is C14H25NO2. The first kappa shape index (κ1) is 15.8. The maximum absolute atomic E-state index is 11.7. The van der Waals surface area contributed by atoms with Crippen LogP contribution in [0.5, 0.6) is 0 Å². The summed E-state index contributed by atoms with van der Waals surface area (Å²) in [6.45, 7) is 13.6. The summed E-state index contributed by atoms with van der Waals surface area (Å²) in [6, 6.07) is -0.109. The van der Waals surface area contributed by atoms with E-state index in [0.29, 0.717) is 0 Å². The average molecular weight is 239 g/mol. The Balaban J connectivity index is 4.69. The molecule has 0 aliphatic rings. The summed E-state index contributed by atoms with van der Waals surface area (Å²) in [5.74, 6) is 2.63. The average Bonchev–Trinajstić information content (AvgIpc) is 2.08. The predicted molar refractivity (Wildman–Crippen MR) is 70.6 cm³/mol. The zero-order chi connectivity index (χ0) is 13.9. The van der Waals surface area contributed by atoms with Gasteiger partial charge in [-0.2, -0.15) is 0 Å². The van der Waals surface area contributed by atoms with Gasteiger partial charge in [0, 0.05) is 5.92 Å². The van der Waals surface area contributed by atoms with Crippen LogP contribution in [0.25, 0.3) is 0 Å². The van der Waals surface area contributed by atoms with Crippen molar-refractivity contribution < 1.29 is 9.53 Å². The van der Waals surface area contributed by atoms with E-state index in [1.165, 1.54) is 0 Å². The second kappa shape index (κ2) is 5.44. The van der Waals surface area contributed by atoms with Crippen LogP contribution in [0.1, 0.15) is 48.5 Å². The molecule has 0 radical (unpaired) electrons. The van der Waals surface area contributed by atoms with Crippen LogP contribution in [0.15, 0.2) is 0 Å². The smallest absolute Gasteiger partial charge is 0.407 e. The van der Waals surface area contributed by atoms with Gasteiger partial charge in [0.25, 0.3) is 0 Å². The number of hydrogen-bond acceptors (Lipinski definition) is 2. The Morgan fingerprint density at radius 2 is 1.71 bits per heavy atom. The molecule has 0 fully saturated rings. The number of terminal acetylenes is 1. The number of alkyl carbamates (subject to hydrolysis) is 1. The first-order valence-electron chi connectivity index (χ1n) is 5.93. The molecule has 1 N–H and O–H groups in total. The normalized spacial score (nSPS) is 15.6. The third-order valence-corrected chi connectivity index (χ3v) is 2.37. The van der Waals surface area contributed by atoms with E-state index in [-0.39, 0.29) is 17.4 Å². The number of carbonyl (C=O) groups excluding carboxylic acids is 1. The van der Waals surface area contributed by atoms with E-state index < -0.39 is 11.7 Å². The zero-order valence-electron chi connectivity index (χ0n) is 12.0. The lowest BCUT2D eigenvalue weighted by Crippen LogP contribution is -2.49. The minimum Gasteiger partial charge on any atom is -0.444 e. The number of amides is 1. The van der Waals surface area contributed by atoms with Gasteiger partial charge in [-0.15, -0.1) is 12.3 Å². The Hall–Kier alpha value is -1.17. The molecule has 0 aromatic rings. The third-order valence-electron chi connectivity index (χ3n) is 2.37. The first-order chi connectivity index (χ1) is 7.47. The van der Waals surface area contributed by atoms with Crippen LogP contribution in [0, 0.1) is 23.7 Å². The lowest BCUT2D eigenvalue weighted by molar-refractivity contribution is 0.0445. The van der Waals surface area contributed by atoms with Crippen LogP contribution in [0.3, 0.4) is 0 Å². The summed E-state index contributed by atoms with van der Waals surface area (Å²) >= 11 is 0. The van der Waals surface area contributed by atoms with Gasteiger partial charge in [0.1, 0.15) is 5.60 Å². The molecule has 3 nitrogen and oxygen atoms in total. The molecule has 0 aromatic heterocycles. The van der Waals surface area contributed by atoms with E-state index >= 15 is 0 Å². The van der Waals surface area contributed by atoms with Crippen molar-refractivity contribution in [2.75, 3.05) is 0 Å². The Labute approximate surface area is 105 Å². The molecule has 0 bridgehead atoms. The number of nitrogens with one attached hydrogen (secondary N) is 1. The number of ether oxygens (including phenoxy) is 1. The molecule has 2 unspecified atom stereocenters. The van der Waals surface area contributed by atoms with Gasteiger partial charge >= 0.3 is 6.09 Å². The molecular weight excluding hydrogens is 214 g/mol. The highest BCUT2D eigenvalue weighted by Gasteiger charge is 2.31. The Kier molecular flexibility index (Phi) is 5.07. The third kappa shape index (κ3) is 6.21. The number of hydrogen-bond donors (Lipinski definition) is 1. The maximum atomic E-state index is 11.7. The molecule has 0 aliphatic heterocycles. The van der Waals surface area contributed by atoms with Crippen LogP contribution in [-0.2, 0) is 4.74 Å². The van der Waals surface area contributed by atoms with Crippen molar-refractivity contribution in [3.63, 3.8) is 0 Å². The second-order valence-electron chi connectivity index (χ2n) is 6.45. The van der Waals surface area contributed by atoms with Crippen LogP contribution >= 0.6 is 0 Å². The molecule has 1 amide bonds. The van der Waals surface area contributed by atoms with Gasteiger partial charge in [0.05, 0.1) is 6.04 Å². The highest BCUT2D eigenvalue weighted by Crippen LogP contribution is 2.25. The fraction of sp³-hybridized carbons (Fsp3) is 0.786. The van der Waals surface area contributed by atoms with E-state index in [9.17, 15) is 4.79 Å². The monoisotopic (exact) mass is 239 g/mol. The highest BCUT2D eigenvalue weighted by molar-refractivity contribution is 5.68. The molecule has 0 saturated carbocycles. The zero-order valence-corrected chi connectivity index (χ0v) is 12.0. The Bertz CT molecular complexity index is 302. The minimum absolute atomic E-state index is 0.0393. The quantitative estimate of drug-likeness (QED) is 0.751. The van der Waals surface area contributed by atoms with Gasteiger partial charge in [0.15, 0.2) is 0 Å². The standard InChI is InChI=1S/C14H25NO2/c1-9-10(2)11(13(3,4)5)15-12(16)17-14(6,7)8/h1,10-11H,2-8H3,(H,15,16).